The van der Waals surface area contributed by atoms with E-state index in [9.17, 15) is 24.1 Å². The highest BCUT2D eigenvalue weighted by Gasteiger charge is 2.62. The van der Waals surface area contributed by atoms with Crippen molar-refractivity contribution in [3.8, 4) is 0 Å². The number of carbonyl (C=O) groups excluding carboxylic acids is 3. The molecule has 4 atom stereocenters. The second-order valence-electron chi connectivity index (χ2n) is 6.68. The van der Waals surface area contributed by atoms with E-state index in [4.69, 9.17) is 9.47 Å². The molecule has 152 valence electrons. The SMILES string of the molecule is CC(=O)OC(C)[C@H]1C(=O)N2C(C(=O)OCc3ccccc3)=C(C)C(=[N+]=[N-])S(=O)[C@H]12. The number of fused-ring (bicyclic) bond motifs is 1. The summed E-state index contributed by atoms with van der Waals surface area (Å²) in [7, 11) is -1.91. The fraction of sp³-hybridized carbons (Fsp3) is 0.368. The van der Waals surface area contributed by atoms with Gasteiger partial charge >= 0.3 is 17.0 Å². The number of amides is 1. The lowest BCUT2D eigenvalue weighted by Gasteiger charge is -2.49. The maximum absolute atomic E-state index is 12.8. The van der Waals surface area contributed by atoms with Gasteiger partial charge in [0.05, 0.1) is 5.57 Å². The maximum Gasteiger partial charge on any atom is 0.386 e. The standard InChI is InChI=1S/C19H19N3O6S/c1-10-15(19(25)27-9-13-7-5-4-6-8-13)22-17(24)14(11(2)28-12(3)23)18(22)29(26)16(10)21-20/h4-8,11,14,18H,9H2,1-3H3/t11?,14-,18+,29?/m0/s1. The lowest BCUT2D eigenvalue weighted by molar-refractivity contribution is -0.167. The van der Waals surface area contributed by atoms with Gasteiger partial charge in [-0.25, -0.2) is 9.00 Å². The van der Waals surface area contributed by atoms with E-state index in [1.54, 1.807) is 24.3 Å². The van der Waals surface area contributed by atoms with Crippen LogP contribution in [-0.4, -0.2) is 48.3 Å². The molecule has 10 heteroatoms. The molecule has 0 bridgehead atoms. The molecule has 9 nitrogen and oxygen atoms in total. The number of hydrogen-bond donors (Lipinski definition) is 0. The van der Waals surface area contributed by atoms with Gasteiger partial charge in [0.2, 0.25) is 5.91 Å². The normalized spacial score (nSPS) is 24.2. The molecule has 0 spiro atoms. The topological polar surface area (TPSA) is 126 Å². The predicted octanol–water partition coefficient (Wildman–Crippen LogP) is 1.13. The quantitative estimate of drug-likeness (QED) is 0.306. The number of hydrogen-bond acceptors (Lipinski definition) is 6. The Balaban J connectivity index is 1.90. The lowest BCUT2D eigenvalue weighted by atomic mass is 9.90. The first-order chi connectivity index (χ1) is 13.8. The molecule has 1 fully saturated rings. The Morgan fingerprint density at radius 1 is 1.31 bits per heavy atom. The Morgan fingerprint density at radius 2 is 1.97 bits per heavy atom. The van der Waals surface area contributed by atoms with E-state index < -0.39 is 46.0 Å². The number of rotatable bonds is 5. The fourth-order valence-electron chi connectivity index (χ4n) is 3.43. The van der Waals surface area contributed by atoms with E-state index >= 15 is 0 Å². The van der Waals surface area contributed by atoms with Crippen LogP contribution < -0.4 is 0 Å². The van der Waals surface area contributed by atoms with Crippen molar-refractivity contribution in [2.75, 3.05) is 0 Å². The summed E-state index contributed by atoms with van der Waals surface area (Å²) in [5.41, 5.74) is 10.0. The van der Waals surface area contributed by atoms with Gasteiger partial charge in [0, 0.05) is 6.92 Å². The van der Waals surface area contributed by atoms with Gasteiger partial charge in [-0.15, -0.1) is 0 Å². The monoisotopic (exact) mass is 417 g/mol. The summed E-state index contributed by atoms with van der Waals surface area (Å²) in [6, 6.07) is 8.97. The highest BCUT2D eigenvalue weighted by Crippen LogP contribution is 2.41. The first kappa shape index (κ1) is 20.6. The first-order valence-electron chi connectivity index (χ1n) is 8.83. The molecule has 1 aromatic rings. The zero-order valence-electron chi connectivity index (χ0n) is 16.0. The van der Waals surface area contributed by atoms with Crippen molar-refractivity contribution in [2.24, 2.45) is 5.92 Å². The molecular weight excluding hydrogens is 398 g/mol. The average molecular weight is 417 g/mol. The van der Waals surface area contributed by atoms with Crippen molar-refractivity contribution in [1.29, 1.82) is 0 Å². The Morgan fingerprint density at radius 3 is 2.55 bits per heavy atom. The summed E-state index contributed by atoms with van der Waals surface area (Å²) < 4.78 is 23.2. The van der Waals surface area contributed by atoms with Crippen molar-refractivity contribution < 1.29 is 32.9 Å². The molecule has 0 radical (unpaired) electrons. The van der Waals surface area contributed by atoms with Crippen molar-refractivity contribution in [3.63, 3.8) is 0 Å². The number of ether oxygens (including phenoxy) is 2. The molecule has 0 saturated carbocycles. The van der Waals surface area contributed by atoms with Gasteiger partial charge in [-0.3, -0.25) is 14.5 Å². The molecule has 29 heavy (non-hydrogen) atoms. The Labute approximate surface area is 169 Å². The molecule has 0 aliphatic carbocycles. The van der Waals surface area contributed by atoms with Crippen molar-refractivity contribution in [1.82, 2.24) is 4.90 Å². The minimum atomic E-state index is -1.91. The number of esters is 2. The summed E-state index contributed by atoms with van der Waals surface area (Å²) in [5, 5.41) is -1.21. The van der Waals surface area contributed by atoms with Crippen molar-refractivity contribution in [2.45, 2.75) is 38.9 Å². The number of nitrogens with zero attached hydrogens (tertiary/aromatic N) is 3. The van der Waals surface area contributed by atoms with Crippen LogP contribution in [0.2, 0.25) is 0 Å². The van der Waals surface area contributed by atoms with E-state index in [2.05, 4.69) is 4.79 Å². The molecule has 1 saturated heterocycles. The highest BCUT2D eigenvalue weighted by atomic mass is 32.2. The predicted molar refractivity (Wildman–Crippen MR) is 101 cm³/mol. The number of β-lactam (4-membered cyclic amide) rings is 1. The maximum atomic E-state index is 12.8. The van der Waals surface area contributed by atoms with E-state index in [1.807, 2.05) is 6.07 Å². The van der Waals surface area contributed by atoms with E-state index in [0.717, 1.165) is 10.5 Å². The second-order valence-corrected chi connectivity index (χ2v) is 8.14. The van der Waals surface area contributed by atoms with Crippen molar-refractivity contribution >= 4 is 33.7 Å². The van der Waals surface area contributed by atoms with Crippen LogP contribution in [0.15, 0.2) is 41.6 Å². The third-order valence-electron chi connectivity index (χ3n) is 4.77. The smallest absolute Gasteiger partial charge is 0.386 e. The Bertz CT molecular complexity index is 983. The summed E-state index contributed by atoms with van der Waals surface area (Å²) in [5.74, 6) is -2.83. The zero-order chi connectivity index (χ0) is 21.3. The molecule has 2 aliphatic rings. The Kier molecular flexibility index (Phi) is 5.76. The van der Waals surface area contributed by atoms with Crippen LogP contribution in [0.4, 0.5) is 0 Å². The third-order valence-corrected chi connectivity index (χ3v) is 6.48. The molecule has 2 aliphatic heterocycles. The molecular formula is C19H19N3O6S. The molecule has 0 N–H and O–H groups in total. The van der Waals surface area contributed by atoms with Crippen LogP contribution in [0, 0.1) is 5.92 Å². The van der Waals surface area contributed by atoms with Crippen LogP contribution in [0.25, 0.3) is 5.53 Å². The summed E-state index contributed by atoms with van der Waals surface area (Å²) in [4.78, 5) is 40.9. The van der Waals surface area contributed by atoms with Gasteiger partial charge in [0.15, 0.2) is 10.8 Å². The fourth-order valence-corrected chi connectivity index (χ4v) is 5.14. The van der Waals surface area contributed by atoms with Crippen LogP contribution >= 0.6 is 0 Å². The van der Waals surface area contributed by atoms with Crippen LogP contribution in [-0.2, 0) is 41.3 Å². The van der Waals surface area contributed by atoms with Gasteiger partial charge in [-0.05, 0) is 19.4 Å². The average Bonchev–Trinajstić information content (AvgIpc) is 2.67. The molecule has 3 rings (SSSR count). The molecule has 1 amide bonds. The lowest BCUT2D eigenvalue weighted by Crippen LogP contribution is -2.69. The van der Waals surface area contributed by atoms with E-state index in [-0.39, 0.29) is 22.9 Å². The minimum Gasteiger partial charge on any atom is -0.462 e. The van der Waals surface area contributed by atoms with Crippen LogP contribution in [0.1, 0.15) is 26.3 Å². The number of carbonyl (C=O) groups is 3. The largest absolute Gasteiger partial charge is 0.462 e. The summed E-state index contributed by atoms with van der Waals surface area (Å²) in [6.45, 7) is 4.11. The first-order valence-corrected chi connectivity index (χ1v) is 10.0. The van der Waals surface area contributed by atoms with E-state index in [0.29, 0.717) is 0 Å². The van der Waals surface area contributed by atoms with Crippen molar-refractivity contribution in [3.05, 3.63) is 52.7 Å². The summed E-state index contributed by atoms with van der Waals surface area (Å²) >= 11 is 0. The van der Waals surface area contributed by atoms with Gasteiger partial charge in [-0.2, -0.15) is 4.79 Å². The van der Waals surface area contributed by atoms with Crippen LogP contribution in [0.5, 0.6) is 0 Å². The molecule has 1 aromatic carbocycles. The molecule has 0 aromatic heterocycles. The van der Waals surface area contributed by atoms with E-state index in [1.165, 1.54) is 20.8 Å². The number of benzene rings is 1. The van der Waals surface area contributed by atoms with Crippen LogP contribution in [0.3, 0.4) is 0 Å². The second kappa shape index (κ2) is 8.10. The van der Waals surface area contributed by atoms with Gasteiger partial charge in [0.25, 0.3) is 0 Å². The van der Waals surface area contributed by atoms with Gasteiger partial charge in [0.1, 0.15) is 29.7 Å². The Hall–Kier alpha value is -3.10. The molecule has 2 unspecified atom stereocenters. The third kappa shape index (κ3) is 3.64. The summed E-state index contributed by atoms with van der Waals surface area (Å²) in [6.07, 6.45) is -0.856. The highest BCUT2D eigenvalue weighted by molar-refractivity contribution is 8.01. The molecule has 2 heterocycles. The van der Waals surface area contributed by atoms with Gasteiger partial charge < -0.3 is 15.0 Å². The van der Waals surface area contributed by atoms with Gasteiger partial charge in [-0.1, -0.05) is 30.3 Å². The zero-order valence-corrected chi connectivity index (χ0v) is 16.8. The minimum absolute atomic E-state index is 0.0227.